The van der Waals surface area contributed by atoms with E-state index in [4.69, 9.17) is 9.47 Å². The Morgan fingerprint density at radius 3 is 2.42 bits per heavy atom. The Balaban J connectivity index is 2.48. The first-order chi connectivity index (χ1) is 9.21. The SMILES string of the molecule is CNC(c1cccs1)c1cc(OC)c(OC)cc1Br. The van der Waals surface area contributed by atoms with E-state index >= 15 is 0 Å². The van der Waals surface area contributed by atoms with Crippen LogP contribution in [0.3, 0.4) is 0 Å². The zero-order valence-electron chi connectivity index (χ0n) is 11.1. The van der Waals surface area contributed by atoms with Gasteiger partial charge >= 0.3 is 0 Å². The smallest absolute Gasteiger partial charge is 0.161 e. The Morgan fingerprint density at radius 2 is 1.89 bits per heavy atom. The summed E-state index contributed by atoms with van der Waals surface area (Å²) >= 11 is 5.33. The number of benzene rings is 1. The van der Waals surface area contributed by atoms with Gasteiger partial charge in [-0.25, -0.2) is 0 Å². The van der Waals surface area contributed by atoms with Crippen molar-refractivity contribution in [1.82, 2.24) is 5.32 Å². The average molecular weight is 342 g/mol. The van der Waals surface area contributed by atoms with Crippen molar-refractivity contribution in [2.45, 2.75) is 6.04 Å². The predicted molar refractivity (Wildman–Crippen MR) is 82.5 cm³/mol. The molecule has 1 atom stereocenters. The summed E-state index contributed by atoms with van der Waals surface area (Å²) in [6.07, 6.45) is 0. The maximum Gasteiger partial charge on any atom is 0.161 e. The number of halogens is 1. The molecule has 1 N–H and O–H groups in total. The Kier molecular flexibility index (Phi) is 4.85. The number of hydrogen-bond acceptors (Lipinski definition) is 4. The van der Waals surface area contributed by atoms with Crippen molar-refractivity contribution in [3.8, 4) is 11.5 Å². The van der Waals surface area contributed by atoms with E-state index in [0.29, 0.717) is 0 Å². The van der Waals surface area contributed by atoms with Gasteiger partial charge in [0.25, 0.3) is 0 Å². The molecule has 2 rings (SSSR count). The summed E-state index contributed by atoms with van der Waals surface area (Å²) in [6.45, 7) is 0. The summed E-state index contributed by atoms with van der Waals surface area (Å²) in [5, 5.41) is 5.41. The molecule has 0 bridgehead atoms. The topological polar surface area (TPSA) is 30.5 Å². The predicted octanol–water partition coefficient (Wildman–Crippen LogP) is 3.84. The fraction of sp³-hybridized carbons (Fsp3) is 0.286. The number of thiophene rings is 1. The van der Waals surface area contributed by atoms with Gasteiger partial charge in [0.2, 0.25) is 0 Å². The van der Waals surface area contributed by atoms with Crippen molar-refractivity contribution in [3.05, 3.63) is 44.6 Å². The molecule has 2 aromatic rings. The van der Waals surface area contributed by atoms with E-state index < -0.39 is 0 Å². The average Bonchev–Trinajstić information content (AvgIpc) is 2.94. The molecule has 0 fully saturated rings. The summed E-state index contributed by atoms with van der Waals surface area (Å²) in [4.78, 5) is 1.26. The minimum atomic E-state index is 0.134. The quantitative estimate of drug-likeness (QED) is 0.896. The molecule has 1 aromatic carbocycles. The standard InChI is InChI=1S/C14H16BrNO2S/c1-16-14(13-5-4-6-19-13)9-7-11(17-2)12(18-3)8-10(9)15/h4-8,14,16H,1-3H3. The molecule has 0 saturated carbocycles. The number of hydrogen-bond donors (Lipinski definition) is 1. The van der Waals surface area contributed by atoms with Crippen LogP contribution >= 0.6 is 27.3 Å². The summed E-state index contributed by atoms with van der Waals surface area (Å²) in [7, 11) is 5.24. The van der Waals surface area contributed by atoms with E-state index in [0.717, 1.165) is 21.5 Å². The second kappa shape index (κ2) is 6.41. The number of nitrogens with one attached hydrogen (secondary N) is 1. The van der Waals surface area contributed by atoms with Crippen LogP contribution in [0.15, 0.2) is 34.1 Å². The molecule has 1 heterocycles. The van der Waals surface area contributed by atoms with Crippen LogP contribution in [-0.2, 0) is 0 Å². The van der Waals surface area contributed by atoms with Crippen LogP contribution in [0.25, 0.3) is 0 Å². The molecule has 1 aromatic heterocycles. The Labute approximate surface area is 125 Å². The van der Waals surface area contributed by atoms with Gasteiger partial charge < -0.3 is 14.8 Å². The van der Waals surface area contributed by atoms with Gasteiger partial charge in [0, 0.05) is 9.35 Å². The van der Waals surface area contributed by atoms with Crippen LogP contribution in [0.2, 0.25) is 0 Å². The van der Waals surface area contributed by atoms with Crippen LogP contribution in [0.4, 0.5) is 0 Å². The molecule has 1 unspecified atom stereocenters. The van der Waals surface area contributed by atoms with Gasteiger partial charge in [-0.05, 0) is 36.2 Å². The van der Waals surface area contributed by atoms with E-state index in [-0.39, 0.29) is 6.04 Å². The summed E-state index contributed by atoms with van der Waals surface area (Å²) in [5.74, 6) is 1.46. The lowest BCUT2D eigenvalue weighted by Crippen LogP contribution is -2.17. The van der Waals surface area contributed by atoms with Crippen LogP contribution < -0.4 is 14.8 Å². The normalized spacial score (nSPS) is 12.2. The highest BCUT2D eigenvalue weighted by Crippen LogP contribution is 2.38. The first-order valence-corrected chi connectivity index (χ1v) is 7.50. The molecule has 5 heteroatoms. The first kappa shape index (κ1) is 14.4. The highest BCUT2D eigenvalue weighted by Gasteiger charge is 2.19. The molecule has 0 amide bonds. The van der Waals surface area contributed by atoms with Gasteiger partial charge in [-0.1, -0.05) is 22.0 Å². The number of rotatable bonds is 5. The maximum atomic E-state index is 5.37. The monoisotopic (exact) mass is 341 g/mol. The summed E-state index contributed by atoms with van der Waals surface area (Å²) in [5.41, 5.74) is 1.13. The van der Waals surface area contributed by atoms with Crippen molar-refractivity contribution in [1.29, 1.82) is 0 Å². The first-order valence-electron chi connectivity index (χ1n) is 5.83. The van der Waals surface area contributed by atoms with Gasteiger partial charge in [-0.15, -0.1) is 11.3 Å². The lowest BCUT2D eigenvalue weighted by atomic mass is 10.0. The molecule has 3 nitrogen and oxygen atoms in total. The van der Waals surface area contributed by atoms with Crippen LogP contribution in [0.5, 0.6) is 11.5 Å². The summed E-state index contributed by atoms with van der Waals surface area (Å²) in [6, 6.07) is 8.25. The Hall–Kier alpha value is -1.04. The van der Waals surface area contributed by atoms with Gasteiger partial charge in [0.05, 0.1) is 20.3 Å². The third-order valence-corrected chi connectivity index (χ3v) is 4.55. The minimum Gasteiger partial charge on any atom is -0.493 e. The van der Waals surface area contributed by atoms with E-state index in [9.17, 15) is 0 Å². The second-order valence-corrected chi connectivity index (χ2v) is 5.80. The maximum absolute atomic E-state index is 5.37. The fourth-order valence-electron chi connectivity index (χ4n) is 2.00. The molecule has 0 aliphatic rings. The van der Waals surface area contributed by atoms with Crippen LogP contribution in [0, 0.1) is 0 Å². The molecular formula is C14H16BrNO2S. The number of ether oxygens (including phenoxy) is 2. The number of methoxy groups -OCH3 is 2. The zero-order valence-corrected chi connectivity index (χ0v) is 13.5. The second-order valence-electron chi connectivity index (χ2n) is 3.97. The van der Waals surface area contributed by atoms with Gasteiger partial charge in [-0.3, -0.25) is 0 Å². The van der Waals surface area contributed by atoms with Crippen molar-refractivity contribution < 1.29 is 9.47 Å². The zero-order chi connectivity index (χ0) is 13.8. The van der Waals surface area contributed by atoms with Crippen molar-refractivity contribution in [2.24, 2.45) is 0 Å². The molecule has 0 radical (unpaired) electrons. The van der Waals surface area contributed by atoms with Crippen molar-refractivity contribution >= 4 is 27.3 Å². The molecule has 0 saturated heterocycles. The third kappa shape index (κ3) is 2.94. The van der Waals surface area contributed by atoms with Gasteiger partial charge in [-0.2, -0.15) is 0 Å². The van der Waals surface area contributed by atoms with Crippen LogP contribution in [0.1, 0.15) is 16.5 Å². The van der Waals surface area contributed by atoms with E-state index in [1.807, 2.05) is 19.2 Å². The molecule has 0 spiro atoms. The lowest BCUT2D eigenvalue weighted by molar-refractivity contribution is 0.354. The minimum absolute atomic E-state index is 0.134. The van der Waals surface area contributed by atoms with E-state index in [2.05, 4.69) is 38.8 Å². The Bertz CT molecular complexity index is 543. The third-order valence-electron chi connectivity index (χ3n) is 2.93. The van der Waals surface area contributed by atoms with Gasteiger partial charge in [0.15, 0.2) is 11.5 Å². The molecule has 102 valence electrons. The highest BCUT2D eigenvalue weighted by molar-refractivity contribution is 9.10. The Morgan fingerprint density at radius 1 is 1.21 bits per heavy atom. The van der Waals surface area contributed by atoms with Crippen molar-refractivity contribution in [2.75, 3.05) is 21.3 Å². The molecule has 0 aliphatic heterocycles. The summed E-state index contributed by atoms with van der Waals surface area (Å²) < 4.78 is 11.7. The fourth-order valence-corrected chi connectivity index (χ4v) is 3.40. The molecule has 0 aliphatic carbocycles. The van der Waals surface area contributed by atoms with Gasteiger partial charge in [0.1, 0.15) is 0 Å². The lowest BCUT2D eigenvalue weighted by Gasteiger charge is -2.19. The molecular weight excluding hydrogens is 326 g/mol. The van der Waals surface area contributed by atoms with E-state index in [1.165, 1.54) is 4.88 Å². The largest absolute Gasteiger partial charge is 0.493 e. The highest BCUT2D eigenvalue weighted by atomic mass is 79.9. The molecule has 19 heavy (non-hydrogen) atoms. The van der Waals surface area contributed by atoms with Crippen LogP contribution in [-0.4, -0.2) is 21.3 Å². The van der Waals surface area contributed by atoms with Crippen molar-refractivity contribution in [3.63, 3.8) is 0 Å². The van der Waals surface area contributed by atoms with E-state index in [1.54, 1.807) is 25.6 Å².